The van der Waals surface area contributed by atoms with Gasteiger partial charge in [0.1, 0.15) is 5.75 Å². The number of alkyl carbamates (subject to hydrolysis) is 1. The molecule has 0 aliphatic carbocycles. The second-order valence-corrected chi connectivity index (χ2v) is 4.83. The molecule has 1 aliphatic heterocycles. The maximum absolute atomic E-state index is 11.4. The second kappa shape index (κ2) is 7.47. The summed E-state index contributed by atoms with van der Waals surface area (Å²) in [5.74, 6) is 0.219. The summed E-state index contributed by atoms with van der Waals surface area (Å²) in [5, 5.41) is 2.06. The average Bonchev–Trinajstić information content (AvgIpc) is 2.77. The van der Waals surface area contributed by atoms with Gasteiger partial charge in [-0.15, -0.1) is 0 Å². The van der Waals surface area contributed by atoms with E-state index in [0.717, 1.165) is 24.2 Å². The molecule has 0 bridgehead atoms. The molecule has 1 aromatic carbocycles. The van der Waals surface area contributed by atoms with Crippen molar-refractivity contribution in [1.82, 2.24) is 5.32 Å². The molecule has 1 fully saturated rings. The number of nitrogens with one attached hydrogen (secondary N) is 1. The van der Waals surface area contributed by atoms with Crippen LogP contribution < -0.4 is 10.1 Å². The number of hydrogen-bond donors (Lipinski definition) is 1. The lowest BCUT2D eigenvalue weighted by Crippen LogP contribution is -2.18. The molecule has 0 unspecified atom stereocenters. The first kappa shape index (κ1) is 15.1. The monoisotopic (exact) mass is 289 g/mol. The van der Waals surface area contributed by atoms with Crippen LogP contribution in [0.15, 0.2) is 30.0 Å². The van der Waals surface area contributed by atoms with Crippen LogP contribution >= 0.6 is 0 Å². The second-order valence-electron chi connectivity index (χ2n) is 4.83. The third-order valence-corrected chi connectivity index (χ3v) is 3.06. The predicted molar refractivity (Wildman–Crippen MR) is 78.7 cm³/mol. The zero-order chi connectivity index (χ0) is 15.1. The molecule has 1 N–H and O–H groups in total. The summed E-state index contributed by atoms with van der Waals surface area (Å²) < 4.78 is 10.4. The first-order valence-electron chi connectivity index (χ1n) is 7.17. The van der Waals surface area contributed by atoms with E-state index in [4.69, 9.17) is 9.47 Å². The Kier molecular flexibility index (Phi) is 5.37. The van der Waals surface area contributed by atoms with Gasteiger partial charge in [-0.25, -0.2) is 4.79 Å². The smallest absolute Gasteiger partial charge is 0.419 e. The van der Waals surface area contributed by atoms with Gasteiger partial charge in [0.05, 0.1) is 6.61 Å². The minimum Gasteiger partial charge on any atom is -0.494 e. The van der Waals surface area contributed by atoms with Crippen LogP contribution in [-0.2, 0) is 9.53 Å². The third kappa shape index (κ3) is 4.63. The van der Waals surface area contributed by atoms with E-state index in [1.165, 1.54) is 18.9 Å². The van der Waals surface area contributed by atoms with E-state index in [1.54, 1.807) is 0 Å². The van der Waals surface area contributed by atoms with Crippen molar-refractivity contribution in [3.8, 4) is 5.75 Å². The van der Waals surface area contributed by atoms with Gasteiger partial charge >= 0.3 is 6.09 Å². The molecule has 21 heavy (non-hydrogen) atoms. The fourth-order valence-corrected chi connectivity index (χ4v) is 1.99. The van der Waals surface area contributed by atoms with Crippen LogP contribution in [0.2, 0.25) is 0 Å². The standard InChI is InChI=1S/C16H19NO4/c1-2-3-4-5-9-20-13-8-6-7-12(10-13)11-14-15(18)17-16(19)21-14/h6-8,10-11H,2-5,9H2,1H3,(H,17,18,19). The summed E-state index contributed by atoms with van der Waals surface area (Å²) in [6.07, 6.45) is 5.38. The number of unbranched alkanes of at least 4 members (excludes halogenated alkanes) is 3. The third-order valence-electron chi connectivity index (χ3n) is 3.06. The Morgan fingerprint density at radius 1 is 1.24 bits per heavy atom. The minimum atomic E-state index is -0.741. The number of cyclic esters (lactones) is 1. The molecular weight excluding hydrogens is 270 g/mol. The highest BCUT2D eigenvalue weighted by Gasteiger charge is 2.25. The fraction of sp³-hybridized carbons (Fsp3) is 0.375. The highest BCUT2D eigenvalue weighted by molar-refractivity contribution is 6.09. The summed E-state index contributed by atoms with van der Waals surface area (Å²) in [5.41, 5.74) is 0.751. The zero-order valence-corrected chi connectivity index (χ0v) is 12.1. The molecular formula is C16H19NO4. The minimum absolute atomic E-state index is 0.0000887. The molecule has 1 heterocycles. The number of ether oxygens (including phenoxy) is 2. The van der Waals surface area contributed by atoms with E-state index in [9.17, 15) is 9.59 Å². The molecule has 1 saturated heterocycles. The first-order valence-corrected chi connectivity index (χ1v) is 7.17. The van der Waals surface area contributed by atoms with Crippen LogP contribution in [0.25, 0.3) is 6.08 Å². The topological polar surface area (TPSA) is 64.6 Å². The van der Waals surface area contributed by atoms with Crippen molar-refractivity contribution in [2.75, 3.05) is 6.61 Å². The van der Waals surface area contributed by atoms with E-state index >= 15 is 0 Å². The largest absolute Gasteiger partial charge is 0.494 e. The molecule has 2 rings (SSSR count). The molecule has 0 radical (unpaired) electrons. The van der Waals surface area contributed by atoms with Gasteiger partial charge < -0.3 is 9.47 Å². The van der Waals surface area contributed by atoms with Crippen LogP contribution in [0.5, 0.6) is 5.75 Å². The van der Waals surface area contributed by atoms with Crippen molar-refractivity contribution in [1.29, 1.82) is 0 Å². The van der Waals surface area contributed by atoms with Gasteiger partial charge in [0.2, 0.25) is 0 Å². The van der Waals surface area contributed by atoms with Crippen LogP contribution in [0, 0.1) is 0 Å². The quantitative estimate of drug-likeness (QED) is 0.618. The number of carbonyl (C=O) groups is 2. The van der Waals surface area contributed by atoms with Gasteiger partial charge in [-0.3, -0.25) is 10.1 Å². The lowest BCUT2D eigenvalue weighted by atomic mass is 10.2. The Balaban J connectivity index is 1.93. The maximum atomic E-state index is 11.4. The molecule has 2 amide bonds. The average molecular weight is 289 g/mol. The van der Waals surface area contributed by atoms with Crippen molar-refractivity contribution >= 4 is 18.1 Å². The molecule has 5 nitrogen and oxygen atoms in total. The van der Waals surface area contributed by atoms with Gasteiger partial charge in [-0.1, -0.05) is 38.3 Å². The van der Waals surface area contributed by atoms with Gasteiger partial charge in [-0.05, 0) is 30.2 Å². The molecule has 1 aliphatic rings. The lowest BCUT2D eigenvalue weighted by molar-refractivity contribution is -0.116. The number of amides is 2. The highest BCUT2D eigenvalue weighted by atomic mass is 16.6. The SMILES string of the molecule is CCCCCCOc1cccc(C=C2OC(=O)NC2=O)c1. The Morgan fingerprint density at radius 2 is 2.10 bits per heavy atom. The van der Waals surface area contributed by atoms with Crippen molar-refractivity contribution in [2.45, 2.75) is 32.6 Å². The predicted octanol–water partition coefficient (Wildman–Crippen LogP) is 3.25. The maximum Gasteiger partial charge on any atom is 0.419 e. The van der Waals surface area contributed by atoms with E-state index in [-0.39, 0.29) is 5.76 Å². The number of rotatable bonds is 7. The van der Waals surface area contributed by atoms with Gasteiger partial charge in [0.15, 0.2) is 5.76 Å². The normalized spacial score (nSPS) is 16.0. The zero-order valence-electron chi connectivity index (χ0n) is 12.1. The van der Waals surface area contributed by atoms with Crippen molar-refractivity contribution in [3.63, 3.8) is 0 Å². The van der Waals surface area contributed by atoms with E-state index in [1.807, 2.05) is 24.3 Å². The van der Waals surface area contributed by atoms with E-state index in [0.29, 0.717) is 6.61 Å². The Morgan fingerprint density at radius 3 is 2.81 bits per heavy atom. The molecule has 0 aromatic heterocycles. The Hall–Kier alpha value is -2.30. The first-order chi connectivity index (χ1) is 10.2. The fourth-order valence-electron chi connectivity index (χ4n) is 1.99. The van der Waals surface area contributed by atoms with Crippen LogP contribution in [0.1, 0.15) is 38.2 Å². The van der Waals surface area contributed by atoms with E-state index in [2.05, 4.69) is 12.2 Å². The van der Waals surface area contributed by atoms with Crippen molar-refractivity contribution < 1.29 is 19.1 Å². The highest BCUT2D eigenvalue weighted by Crippen LogP contribution is 2.18. The Bertz CT molecular complexity index is 551. The lowest BCUT2D eigenvalue weighted by Gasteiger charge is -2.06. The van der Waals surface area contributed by atoms with Gasteiger partial charge in [-0.2, -0.15) is 0 Å². The molecule has 0 spiro atoms. The summed E-state index contributed by atoms with van der Waals surface area (Å²) in [6, 6.07) is 7.33. The van der Waals surface area contributed by atoms with Gasteiger partial charge in [0.25, 0.3) is 5.91 Å². The molecule has 1 aromatic rings. The van der Waals surface area contributed by atoms with E-state index < -0.39 is 12.0 Å². The van der Waals surface area contributed by atoms with Gasteiger partial charge in [0, 0.05) is 0 Å². The number of carbonyl (C=O) groups excluding carboxylic acids is 2. The van der Waals surface area contributed by atoms with Crippen LogP contribution in [-0.4, -0.2) is 18.6 Å². The van der Waals surface area contributed by atoms with Crippen LogP contribution in [0.4, 0.5) is 4.79 Å². The number of benzene rings is 1. The van der Waals surface area contributed by atoms with Crippen LogP contribution in [0.3, 0.4) is 0 Å². The summed E-state index contributed by atoms with van der Waals surface area (Å²) >= 11 is 0. The molecule has 5 heteroatoms. The number of hydrogen-bond acceptors (Lipinski definition) is 4. The molecule has 0 atom stereocenters. The Labute approximate surface area is 123 Å². The van der Waals surface area contributed by atoms with Crippen molar-refractivity contribution in [2.24, 2.45) is 0 Å². The summed E-state index contributed by atoms with van der Waals surface area (Å²) in [6.45, 7) is 2.85. The van der Waals surface area contributed by atoms with Crippen molar-refractivity contribution in [3.05, 3.63) is 35.6 Å². The molecule has 0 saturated carbocycles. The number of imide groups is 1. The summed E-state index contributed by atoms with van der Waals surface area (Å²) in [4.78, 5) is 22.3. The summed E-state index contributed by atoms with van der Waals surface area (Å²) in [7, 11) is 0. The molecule has 112 valence electrons.